The van der Waals surface area contributed by atoms with E-state index >= 15 is 0 Å². The minimum atomic E-state index is -0.482. The lowest BCUT2D eigenvalue weighted by molar-refractivity contribution is 0.600. The summed E-state index contributed by atoms with van der Waals surface area (Å²) in [6.45, 7) is 1.90. The van der Waals surface area contributed by atoms with Crippen molar-refractivity contribution < 1.29 is 4.39 Å². The van der Waals surface area contributed by atoms with Gasteiger partial charge in [-0.2, -0.15) is 0 Å². The van der Waals surface area contributed by atoms with Crippen LogP contribution in [0.15, 0.2) is 24.4 Å². The highest BCUT2D eigenvalue weighted by Crippen LogP contribution is 2.24. The number of nitrogens with zero attached hydrogens (tertiary/aromatic N) is 2. The number of aryl methyl sites for hydroxylation is 1. The molecule has 2 N–H and O–H groups in total. The quantitative estimate of drug-likeness (QED) is 0.847. The Kier molecular flexibility index (Phi) is 2.75. The van der Waals surface area contributed by atoms with Crippen LogP contribution in [0, 0.1) is 12.7 Å². The van der Waals surface area contributed by atoms with E-state index in [9.17, 15) is 4.39 Å². The summed E-state index contributed by atoms with van der Waals surface area (Å²) in [5.74, 6) is -0.290. The molecule has 0 aliphatic rings. The third-order valence-corrected chi connectivity index (χ3v) is 2.92. The standard InChI is InChI=1S/C10H10FN3S/c1-6-2-3-8(11)7(4-6)10(12)9-5-13-14-15-9/h2-5,10H,12H2,1H3. The van der Waals surface area contributed by atoms with Crippen LogP contribution in [0.1, 0.15) is 22.0 Å². The molecule has 0 fully saturated rings. The van der Waals surface area contributed by atoms with Crippen LogP contribution in [-0.4, -0.2) is 9.59 Å². The van der Waals surface area contributed by atoms with Gasteiger partial charge in [0.05, 0.1) is 17.1 Å². The van der Waals surface area contributed by atoms with Gasteiger partial charge in [-0.1, -0.05) is 22.2 Å². The van der Waals surface area contributed by atoms with Gasteiger partial charge >= 0.3 is 0 Å². The van der Waals surface area contributed by atoms with Crippen LogP contribution >= 0.6 is 11.5 Å². The lowest BCUT2D eigenvalue weighted by Crippen LogP contribution is -2.12. The predicted octanol–water partition coefficient (Wildman–Crippen LogP) is 2.03. The molecule has 0 amide bonds. The first-order valence-corrected chi connectivity index (χ1v) is 5.24. The molecular formula is C10H10FN3S. The van der Waals surface area contributed by atoms with Crippen LogP contribution in [0.2, 0.25) is 0 Å². The van der Waals surface area contributed by atoms with Gasteiger partial charge in [-0.15, -0.1) is 5.10 Å². The fourth-order valence-electron chi connectivity index (χ4n) is 1.37. The van der Waals surface area contributed by atoms with E-state index in [0.29, 0.717) is 5.56 Å². The Morgan fingerprint density at radius 2 is 2.27 bits per heavy atom. The largest absolute Gasteiger partial charge is 0.319 e. The second-order valence-electron chi connectivity index (χ2n) is 3.32. The van der Waals surface area contributed by atoms with Crippen LogP contribution in [0.5, 0.6) is 0 Å². The summed E-state index contributed by atoms with van der Waals surface area (Å²) in [6, 6.07) is 4.42. The molecule has 0 saturated carbocycles. The predicted molar refractivity (Wildman–Crippen MR) is 57.1 cm³/mol. The van der Waals surface area contributed by atoms with E-state index in [4.69, 9.17) is 5.73 Å². The van der Waals surface area contributed by atoms with Crippen LogP contribution < -0.4 is 5.73 Å². The van der Waals surface area contributed by atoms with Crippen molar-refractivity contribution in [2.24, 2.45) is 5.73 Å². The molecule has 1 aromatic heterocycles. The summed E-state index contributed by atoms with van der Waals surface area (Å²) in [5, 5.41) is 3.69. The zero-order valence-electron chi connectivity index (χ0n) is 8.14. The molecule has 0 bridgehead atoms. The molecule has 2 rings (SSSR count). The Morgan fingerprint density at radius 1 is 1.47 bits per heavy atom. The van der Waals surface area contributed by atoms with Gasteiger partial charge in [0, 0.05) is 5.56 Å². The van der Waals surface area contributed by atoms with Crippen molar-refractivity contribution in [3.05, 3.63) is 46.2 Å². The van der Waals surface area contributed by atoms with Gasteiger partial charge < -0.3 is 5.73 Å². The average Bonchev–Trinajstić information content (AvgIpc) is 2.74. The second-order valence-corrected chi connectivity index (χ2v) is 4.14. The summed E-state index contributed by atoms with van der Waals surface area (Å²) in [5.41, 5.74) is 7.39. The zero-order valence-corrected chi connectivity index (χ0v) is 8.96. The number of aromatic nitrogens is 2. The third-order valence-electron chi connectivity index (χ3n) is 2.17. The molecule has 0 aliphatic carbocycles. The van der Waals surface area contributed by atoms with Crippen molar-refractivity contribution in [2.45, 2.75) is 13.0 Å². The summed E-state index contributed by atoms with van der Waals surface area (Å²) in [4.78, 5) is 0.763. The first-order valence-electron chi connectivity index (χ1n) is 4.47. The molecule has 78 valence electrons. The van der Waals surface area contributed by atoms with E-state index in [0.717, 1.165) is 10.4 Å². The average molecular weight is 223 g/mol. The highest BCUT2D eigenvalue weighted by molar-refractivity contribution is 7.05. The first kappa shape index (κ1) is 10.2. The SMILES string of the molecule is Cc1ccc(F)c(C(N)c2cnns2)c1. The molecule has 2 aromatic rings. The summed E-state index contributed by atoms with van der Waals surface area (Å²) >= 11 is 1.19. The molecule has 0 aliphatic heterocycles. The lowest BCUT2D eigenvalue weighted by atomic mass is 10.0. The summed E-state index contributed by atoms with van der Waals surface area (Å²) in [7, 11) is 0. The Labute approximate surface area is 90.9 Å². The lowest BCUT2D eigenvalue weighted by Gasteiger charge is -2.10. The Morgan fingerprint density at radius 3 is 2.93 bits per heavy atom. The molecule has 1 aromatic carbocycles. The van der Waals surface area contributed by atoms with Crippen molar-refractivity contribution >= 4 is 11.5 Å². The minimum absolute atomic E-state index is 0.290. The molecule has 0 spiro atoms. The Hall–Kier alpha value is -1.33. The highest BCUT2D eigenvalue weighted by atomic mass is 32.1. The maximum absolute atomic E-state index is 13.5. The fraction of sp³-hybridized carbons (Fsp3) is 0.200. The van der Waals surface area contributed by atoms with Crippen molar-refractivity contribution in [2.75, 3.05) is 0 Å². The number of nitrogens with two attached hydrogens (primary N) is 1. The Bertz CT molecular complexity index is 456. The molecule has 0 radical (unpaired) electrons. The van der Waals surface area contributed by atoms with Gasteiger partial charge in [-0.25, -0.2) is 4.39 Å². The van der Waals surface area contributed by atoms with Gasteiger partial charge in [0.1, 0.15) is 5.82 Å². The normalized spacial score (nSPS) is 12.7. The van der Waals surface area contributed by atoms with Crippen LogP contribution in [-0.2, 0) is 0 Å². The van der Waals surface area contributed by atoms with E-state index in [2.05, 4.69) is 9.59 Å². The van der Waals surface area contributed by atoms with E-state index in [-0.39, 0.29) is 5.82 Å². The number of hydrogen-bond donors (Lipinski definition) is 1. The van der Waals surface area contributed by atoms with Crippen LogP contribution in [0.3, 0.4) is 0 Å². The molecule has 0 saturated heterocycles. The van der Waals surface area contributed by atoms with Gasteiger partial charge in [0.25, 0.3) is 0 Å². The second kappa shape index (κ2) is 4.04. The van der Waals surface area contributed by atoms with Crippen molar-refractivity contribution in [1.82, 2.24) is 9.59 Å². The van der Waals surface area contributed by atoms with Crippen molar-refractivity contribution in [3.63, 3.8) is 0 Å². The number of rotatable bonds is 2. The minimum Gasteiger partial charge on any atom is -0.319 e. The molecule has 5 heteroatoms. The number of halogens is 1. The third kappa shape index (κ3) is 2.03. The maximum Gasteiger partial charge on any atom is 0.128 e. The molecule has 1 heterocycles. The zero-order chi connectivity index (χ0) is 10.8. The van der Waals surface area contributed by atoms with Gasteiger partial charge in [0.2, 0.25) is 0 Å². The monoisotopic (exact) mass is 223 g/mol. The smallest absolute Gasteiger partial charge is 0.128 e. The van der Waals surface area contributed by atoms with Crippen molar-refractivity contribution in [1.29, 1.82) is 0 Å². The van der Waals surface area contributed by atoms with Gasteiger partial charge in [-0.3, -0.25) is 0 Å². The van der Waals surface area contributed by atoms with E-state index in [1.165, 1.54) is 17.6 Å². The summed E-state index contributed by atoms with van der Waals surface area (Å²) in [6.07, 6.45) is 1.57. The topological polar surface area (TPSA) is 51.8 Å². The molecule has 1 unspecified atom stereocenters. The van der Waals surface area contributed by atoms with Crippen LogP contribution in [0.4, 0.5) is 4.39 Å². The summed E-state index contributed by atoms with van der Waals surface area (Å²) < 4.78 is 17.2. The molecule has 3 nitrogen and oxygen atoms in total. The van der Waals surface area contributed by atoms with E-state index < -0.39 is 6.04 Å². The van der Waals surface area contributed by atoms with Gasteiger partial charge in [-0.05, 0) is 24.5 Å². The fourth-order valence-corrected chi connectivity index (χ4v) is 1.89. The molecule has 1 atom stereocenters. The molecular weight excluding hydrogens is 213 g/mol. The van der Waals surface area contributed by atoms with Crippen molar-refractivity contribution in [3.8, 4) is 0 Å². The number of hydrogen-bond acceptors (Lipinski definition) is 4. The Balaban J connectivity index is 2.41. The van der Waals surface area contributed by atoms with E-state index in [1.807, 2.05) is 6.92 Å². The first-order chi connectivity index (χ1) is 7.18. The molecule has 15 heavy (non-hydrogen) atoms. The maximum atomic E-state index is 13.5. The van der Waals surface area contributed by atoms with Gasteiger partial charge in [0.15, 0.2) is 0 Å². The van der Waals surface area contributed by atoms with E-state index in [1.54, 1.807) is 18.3 Å². The number of benzene rings is 1. The highest BCUT2D eigenvalue weighted by Gasteiger charge is 2.15. The van der Waals surface area contributed by atoms with Crippen LogP contribution in [0.25, 0.3) is 0 Å².